The van der Waals surface area contributed by atoms with Crippen molar-refractivity contribution in [2.45, 2.75) is 13.5 Å². The number of nitrogens with one attached hydrogen (secondary N) is 2. The molecule has 5 nitrogen and oxygen atoms in total. The van der Waals surface area contributed by atoms with Crippen molar-refractivity contribution in [1.82, 2.24) is 4.90 Å². The van der Waals surface area contributed by atoms with E-state index in [-0.39, 0.29) is 24.2 Å². The van der Waals surface area contributed by atoms with Crippen LogP contribution in [0.15, 0.2) is 48.5 Å². The summed E-state index contributed by atoms with van der Waals surface area (Å²) in [6.07, 6.45) is 0. The summed E-state index contributed by atoms with van der Waals surface area (Å²) in [6.45, 7) is 1.92. The molecule has 0 radical (unpaired) electrons. The van der Waals surface area contributed by atoms with E-state index >= 15 is 0 Å². The summed E-state index contributed by atoms with van der Waals surface area (Å²) >= 11 is 0. The maximum atomic E-state index is 13.6. The highest BCUT2D eigenvalue weighted by Gasteiger charge is 2.10. The van der Waals surface area contributed by atoms with Crippen LogP contribution in [0.25, 0.3) is 0 Å². The molecule has 2 rings (SSSR count). The highest BCUT2D eigenvalue weighted by Crippen LogP contribution is 2.14. The summed E-state index contributed by atoms with van der Waals surface area (Å²) < 4.78 is 13.6. The Bertz CT molecular complexity index is 716. The van der Waals surface area contributed by atoms with Gasteiger partial charge in [0.15, 0.2) is 0 Å². The van der Waals surface area contributed by atoms with Gasteiger partial charge in [-0.05, 0) is 37.4 Å². The third-order valence-electron chi connectivity index (χ3n) is 3.30. The van der Waals surface area contributed by atoms with Gasteiger partial charge in [0.25, 0.3) is 0 Å². The van der Waals surface area contributed by atoms with Gasteiger partial charge in [0.2, 0.25) is 11.8 Å². The fraction of sp³-hybridized carbons (Fsp3) is 0.222. The van der Waals surface area contributed by atoms with E-state index in [1.165, 1.54) is 13.0 Å². The molecule has 0 heterocycles. The number of likely N-dealkylation sites (N-methyl/N-ethyl adjacent to an activating group) is 1. The van der Waals surface area contributed by atoms with Crippen LogP contribution in [0.3, 0.4) is 0 Å². The van der Waals surface area contributed by atoms with Crippen molar-refractivity contribution in [2.24, 2.45) is 0 Å². The van der Waals surface area contributed by atoms with Gasteiger partial charge in [0, 0.05) is 30.4 Å². The third-order valence-corrected chi connectivity index (χ3v) is 3.30. The molecule has 24 heavy (non-hydrogen) atoms. The second-order valence-corrected chi connectivity index (χ2v) is 5.57. The Morgan fingerprint density at radius 3 is 2.17 bits per heavy atom. The Balaban J connectivity index is 1.86. The topological polar surface area (TPSA) is 61.4 Å². The molecule has 2 N–H and O–H groups in total. The number of hydrogen-bond donors (Lipinski definition) is 2. The first-order chi connectivity index (χ1) is 11.4. The number of carbonyl (C=O) groups is 2. The third kappa shape index (κ3) is 5.48. The van der Waals surface area contributed by atoms with Crippen molar-refractivity contribution < 1.29 is 14.0 Å². The summed E-state index contributed by atoms with van der Waals surface area (Å²) in [5.74, 6) is -0.624. The Morgan fingerprint density at radius 1 is 1.00 bits per heavy atom. The monoisotopic (exact) mass is 329 g/mol. The SMILES string of the molecule is CC(=O)Nc1ccc(NC(=O)CN(C)Cc2ccccc2F)cc1. The predicted molar refractivity (Wildman–Crippen MR) is 92.1 cm³/mol. The Kier molecular flexibility index (Phi) is 6.03. The van der Waals surface area contributed by atoms with E-state index in [9.17, 15) is 14.0 Å². The fourth-order valence-electron chi connectivity index (χ4n) is 2.26. The van der Waals surface area contributed by atoms with Gasteiger partial charge in [0.05, 0.1) is 6.54 Å². The van der Waals surface area contributed by atoms with Gasteiger partial charge in [-0.1, -0.05) is 18.2 Å². The van der Waals surface area contributed by atoms with Gasteiger partial charge in [-0.3, -0.25) is 14.5 Å². The highest BCUT2D eigenvalue weighted by molar-refractivity contribution is 5.93. The number of rotatable bonds is 6. The van der Waals surface area contributed by atoms with Crippen molar-refractivity contribution in [1.29, 1.82) is 0 Å². The first kappa shape index (κ1) is 17.6. The smallest absolute Gasteiger partial charge is 0.238 e. The molecule has 0 saturated heterocycles. The van der Waals surface area contributed by atoms with Crippen LogP contribution in [-0.4, -0.2) is 30.3 Å². The second-order valence-electron chi connectivity index (χ2n) is 5.57. The number of amides is 2. The van der Waals surface area contributed by atoms with Crippen molar-refractivity contribution >= 4 is 23.2 Å². The van der Waals surface area contributed by atoms with Gasteiger partial charge in [0.1, 0.15) is 5.82 Å². The quantitative estimate of drug-likeness (QED) is 0.857. The lowest BCUT2D eigenvalue weighted by atomic mass is 10.2. The van der Waals surface area contributed by atoms with Crippen molar-refractivity contribution in [3.63, 3.8) is 0 Å². The fourth-order valence-corrected chi connectivity index (χ4v) is 2.26. The van der Waals surface area contributed by atoms with Gasteiger partial charge in [-0.15, -0.1) is 0 Å². The Morgan fingerprint density at radius 2 is 1.58 bits per heavy atom. The zero-order chi connectivity index (χ0) is 17.5. The zero-order valence-electron chi connectivity index (χ0n) is 13.7. The molecular weight excluding hydrogens is 309 g/mol. The lowest BCUT2D eigenvalue weighted by Crippen LogP contribution is -2.30. The number of benzene rings is 2. The maximum Gasteiger partial charge on any atom is 0.238 e. The first-order valence-corrected chi connectivity index (χ1v) is 7.53. The Hall–Kier alpha value is -2.73. The number of anilines is 2. The van der Waals surface area contributed by atoms with E-state index in [0.29, 0.717) is 23.5 Å². The van der Waals surface area contributed by atoms with E-state index in [0.717, 1.165) is 0 Å². The molecule has 0 saturated carbocycles. The summed E-state index contributed by atoms with van der Waals surface area (Å²) in [7, 11) is 1.76. The van der Waals surface area contributed by atoms with Crippen molar-refractivity contribution in [3.05, 3.63) is 59.9 Å². The van der Waals surface area contributed by atoms with Crippen LogP contribution < -0.4 is 10.6 Å². The highest BCUT2D eigenvalue weighted by atomic mass is 19.1. The molecule has 0 atom stereocenters. The first-order valence-electron chi connectivity index (χ1n) is 7.53. The molecule has 0 bridgehead atoms. The summed E-state index contributed by atoms with van der Waals surface area (Å²) in [4.78, 5) is 24.7. The molecule has 2 aromatic carbocycles. The minimum absolute atomic E-state index is 0.141. The Labute approximate surface area is 140 Å². The van der Waals surface area contributed by atoms with E-state index in [1.54, 1.807) is 54.4 Å². The molecule has 126 valence electrons. The minimum Gasteiger partial charge on any atom is -0.326 e. The summed E-state index contributed by atoms with van der Waals surface area (Å²) in [5.41, 5.74) is 1.85. The molecule has 2 amide bonds. The van der Waals surface area contributed by atoms with Crippen LogP contribution in [0.5, 0.6) is 0 Å². The van der Waals surface area contributed by atoms with Gasteiger partial charge in [-0.2, -0.15) is 0 Å². The van der Waals surface area contributed by atoms with E-state index < -0.39 is 0 Å². The van der Waals surface area contributed by atoms with Crippen LogP contribution in [0.2, 0.25) is 0 Å². The summed E-state index contributed by atoms with van der Waals surface area (Å²) in [5, 5.41) is 5.42. The predicted octanol–water partition coefficient (Wildman–Crippen LogP) is 2.85. The van der Waals surface area contributed by atoms with Crippen LogP contribution in [0, 0.1) is 5.82 Å². The molecule has 6 heteroatoms. The molecule has 0 aliphatic rings. The number of halogens is 1. The zero-order valence-corrected chi connectivity index (χ0v) is 13.7. The standard InChI is InChI=1S/C18H20FN3O2/c1-13(23)20-15-7-9-16(10-8-15)21-18(24)12-22(2)11-14-5-3-4-6-17(14)19/h3-10H,11-12H2,1-2H3,(H,20,23)(H,21,24). The lowest BCUT2D eigenvalue weighted by Gasteiger charge is -2.17. The molecule has 0 aliphatic carbocycles. The largest absolute Gasteiger partial charge is 0.326 e. The van der Waals surface area contributed by atoms with Crippen LogP contribution in [0.4, 0.5) is 15.8 Å². The normalized spacial score (nSPS) is 10.5. The van der Waals surface area contributed by atoms with Crippen LogP contribution in [0.1, 0.15) is 12.5 Å². The molecule has 0 aromatic heterocycles. The van der Waals surface area contributed by atoms with E-state index in [2.05, 4.69) is 10.6 Å². The van der Waals surface area contributed by atoms with Gasteiger partial charge < -0.3 is 10.6 Å². The van der Waals surface area contributed by atoms with E-state index in [1.807, 2.05) is 0 Å². The average Bonchev–Trinajstić information content (AvgIpc) is 2.51. The van der Waals surface area contributed by atoms with Gasteiger partial charge >= 0.3 is 0 Å². The number of hydrogen-bond acceptors (Lipinski definition) is 3. The van der Waals surface area contributed by atoms with Crippen LogP contribution in [-0.2, 0) is 16.1 Å². The maximum absolute atomic E-state index is 13.6. The van der Waals surface area contributed by atoms with Crippen molar-refractivity contribution in [3.8, 4) is 0 Å². The minimum atomic E-state index is -0.279. The second kappa shape index (κ2) is 8.21. The molecule has 0 unspecified atom stereocenters. The average molecular weight is 329 g/mol. The lowest BCUT2D eigenvalue weighted by molar-refractivity contribution is -0.117. The molecule has 0 spiro atoms. The van der Waals surface area contributed by atoms with Crippen LogP contribution >= 0.6 is 0 Å². The van der Waals surface area contributed by atoms with Crippen molar-refractivity contribution in [2.75, 3.05) is 24.2 Å². The number of carbonyl (C=O) groups excluding carboxylic acids is 2. The van der Waals surface area contributed by atoms with Gasteiger partial charge in [-0.25, -0.2) is 4.39 Å². The molecule has 0 fully saturated rings. The molecular formula is C18H20FN3O2. The molecule has 2 aromatic rings. The van der Waals surface area contributed by atoms with E-state index in [4.69, 9.17) is 0 Å². The number of nitrogens with zero attached hydrogens (tertiary/aromatic N) is 1. The molecule has 0 aliphatic heterocycles. The summed E-state index contributed by atoms with van der Waals surface area (Å²) in [6, 6.07) is 13.3.